The number of hydrogen-bond donors (Lipinski definition) is 0. The van der Waals surface area contributed by atoms with Crippen molar-refractivity contribution in [2.75, 3.05) is 0 Å². The number of aryl methyl sites for hydroxylation is 2. The topological polar surface area (TPSA) is 0 Å². The third kappa shape index (κ3) is 5.31. The third-order valence-corrected chi connectivity index (χ3v) is 15.0. The Hall–Kier alpha value is -4.68. The molecule has 9 rings (SSSR count). The molecule has 3 aliphatic rings. The van der Waals surface area contributed by atoms with Crippen molar-refractivity contribution < 1.29 is 0 Å². The van der Waals surface area contributed by atoms with E-state index in [4.69, 9.17) is 0 Å². The molecule has 0 spiro atoms. The lowest BCUT2D eigenvalue weighted by atomic mass is 9.72. The van der Waals surface area contributed by atoms with E-state index in [1.165, 1.54) is 111 Å². The zero-order valence-corrected chi connectivity index (χ0v) is 37.2. The van der Waals surface area contributed by atoms with Crippen LogP contribution in [-0.2, 0) is 27.1 Å². The summed E-state index contributed by atoms with van der Waals surface area (Å²) in [5, 5.41) is 0. The highest BCUT2D eigenvalue weighted by Crippen LogP contribution is 2.57. The highest BCUT2D eigenvalue weighted by atomic mass is 14.5. The summed E-state index contributed by atoms with van der Waals surface area (Å²) in [5.41, 5.74) is 28.2. The lowest BCUT2D eigenvalue weighted by molar-refractivity contribution is 0.490. The molecule has 6 aromatic carbocycles. The molecule has 3 aliphatic carbocycles. The first-order valence-electron chi connectivity index (χ1n) is 21.6. The summed E-state index contributed by atoms with van der Waals surface area (Å²) in [4.78, 5) is 0. The lowest BCUT2D eigenvalue weighted by Crippen LogP contribution is -2.23. The summed E-state index contributed by atoms with van der Waals surface area (Å²) >= 11 is 0. The van der Waals surface area contributed by atoms with E-state index in [2.05, 4.69) is 194 Å². The second kappa shape index (κ2) is 12.2. The number of benzene rings is 6. The van der Waals surface area contributed by atoms with Gasteiger partial charge in [0.25, 0.3) is 0 Å². The predicted octanol–water partition coefficient (Wildman–Crippen LogP) is 15.9. The molecule has 290 valence electrons. The lowest BCUT2D eigenvalue weighted by Gasteiger charge is -2.30. The molecule has 0 aliphatic heterocycles. The minimum absolute atomic E-state index is 0.0380. The van der Waals surface area contributed by atoms with E-state index in [0.29, 0.717) is 0 Å². The third-order valence-electron chi connectivity index (χ3n) is 15.0. The van der Waals surface area contributed by atoms with Crippen molar-refractivity contribution in [2.45, 2.75) is 137 Å². The van der Waals surface area contributed by atoms with E-state index in [1.807, 2.05) is 0 Å². The van der Waals surface area contributed by atoms with Crippen LogP contribution in [0.15, 0.2) is 97.1 Å². The van der Waals surface area contributed by atoms with Crippen LogP contribution in [0.2, 0.25) is 0 Å². The van der Waals surface area contributed by atoms with Gasteiger partial charge in [0.15, 0.2) is 0 Å². The molecule has 0 saturated heterocycles. The van der Waals surface area contributed by atoms with Crippen LogP contribution < -0.4 is 0 Å². The molecule has 0 unspecified atom stereocenters. The normalized spacial score (nSPS) is 16.5. The van der Waals surface area contributed by atoms with Gasteiger partial charge in [-0.3, -0.25) is 0 Å². The van der Waals surface area contributed by atoms with Crippen LogP contribution in [0.3, 0.4) is 0 Å². The average Bonchev–Trinajstić information content (AvgIpc) is 3.65. The SMILES string of the molecule is CCC1(CC)c2cc(-c3cc4c(cc3C)-c3cc(C(C)(C)C)ccc3C4(C)C)ccc2-c2ccc(-c3cc4c(cc3C)-c3cc(C(C)(C)C)ccc3C4(C)C)cc21. The smallest absolute Gasteiger partial charge is 0.0210 e. The first kappa shape index (κ1) is 37.9. The fourth-order valence-corrected chi connectivity index (χ4v) is 11.2. The quantitative estimate of drug-likeness (QED) is 0.168. The van der Waals surface area contributed by atoms with Crippen LogP contribution in [0.5, 0.6) is 0 Å². The first-order valence-corrected chi connectivity index (χ1v) is 21.6. The van der Waals surface area contributed by atoms with E-state index < -0.39 is 0 Å². The van der Waals surface area contributed by atoms with Gasteiger partial charge in [-0.25, -0.2) is 0 Å². The molecule has 0 saturated carbocycles. The molecule has 0 heterocycles. The van der Waals surface area contributed by atoms with Gasteiger partial charge in [0, 0.05) is 16.2 Å². The highest BCUT2D eigenvalue weighted by molar-refractivity contribution is 5.91. The van der Waals surface area contributed by atoms with Crippen LogP contribution in [0.4, 0.5) is 0 Å². The zero-order valence-electron chi connectivity index (χ0n) is 37.2. The number of fused-ring (bicyclic) bond motifs is 9. The number of rotatable bonds is 4. The molecular formula is C57H62. The fourth-order valence-electron chi connectivity index (χ4n) is 11.2. The molecule has 0 atom stereocenters. The average molecular weight is 747 g/mol. The highest BCUT2D eigenvalue weighted by Gasteiger charge is 2.42. The Morgan fingerprint density at radius 3 is 1.09 bits per heavy atom. The van der Waals surface area contributed by atoms with Crippen LogP contribution in [0, 0.1) is 13.8 Å². The molecule has 0 nitrogen and oxygen atoms in total. The summed E-state index contributed by atoms with van der Waals surface area (Å²) < 4.78 is 0. The molecule has 0 N–H and O–H groups in total. The molecule has 0 radical (unpaired) electrons. The van der Waals surface area contributed by atoms with Gasteiger partial charge in [0.2, 0.25) is 0 Å². The second-order valence-corrected chi connectivity index (χ2v) is 21.0. The Balaban J connectivity index is 1.13. The van der Waals surface area contributed by atoms with Crippen molar-refractivity contribution in [2.24, 2.45) is 0 Å². The van der Waals surface area contributed by atoms with E-state index >= 15 is 0 Å². The summed E-state index contributed by atoms with van der Waals surface area (Å²) in [6.45, 7) is 33.0. The largest absolute Gasteiger partial charge is 0.0642 e. The van der Waals surface area contributed by atoms with Crippen molar-refractivity contribution in [3.8, 4) is 55.6 Å². The van der Waals surface area contributed by atoms with Crippen LogP contribution >= 0.6 is 0 Å². The maximum Gasteiger partial charge on any atom is 0.0210 e. The Kier molecular flexibility index (Phi) is 8.09. The van der Waals surface area contributed by atoms with Crippen LogP contribution in [0.25, 0.3) is 55.6 Å². The molecule has 0 amide bonds. The minimum atomic E-state index is -0.0491. The van der Waals surface area contributed by atoms with Crippen LogP contribution in [-0.4, -0.2) is 0 Å². The van der Waals surface area contributed by atoms with Gasteiger partial charge in [0.1, 0.15) is 0 Å². The first-order chi connectivity index (χ1) is 26.7. The van der Waals surface area contributed by atoms with Gasteiger partial charge in [-0.2, -0.15) is 0 Å². The van der Waals surface area contributed by atoms with Crippen molar-refractivity contribution in [3.63, 3.8) is 0 Å². The number of hydrogen-bond acceptors (Lipinski definition) is 0. The Bertz CT molecular complexity index is 2490. The fraction of sp³-hybridized carbons (Fsp3) is 0.368. The maximum absolute atomic E-state index is 2.57. The molecule has 0 fully saturated rings. The van der Waals surface area contributed by atoms with Gasteiger partial charge in [-0.15, -0.1) is 0 Å². The summed E-state index contributed by atoms with van der Waals surface area (Å²) in [5.74, 6) is 0. The van der Waals surface area contributed by atoms with Crippen molar-refractivity contribution in [1.29, 1.82) is 0 Å². The Morgan fingerprint density at radius 1 is 0.368 bits per heavy atom. The Labute approximate surface area is 343 Å². The van der Waals surface area contributed by atoms with Gasteiger partial charge < -0.3 is 0 Å². The van der Waals surface area contributed by atoms with E-state index in [0.717, 1.165) is 12.8 Å². The summed E-state index contributed by atoms with van der Waals surface area (Å²) in [7, 11) is 0. The van der Waals surface area contributed by atoms with Crippen molar-refractivity contribution in [1.82, 2.24) is 0 Å². The molecule has 0 aromatic heterocycles. The van der Waals surface area contributed by atoms with Crippen molar-refractivity contribution in [3.05, 3.63) is 153 Å². The van der Waals surface area contributed by atoms with Crippen molar-refractivity contribution >= 4 is 0 Å². The van der Waals surface area contributed by atoms with E-state index in [1.54, 1.807) is 0 Å². The zero-order chi connectivity index (χ0) is 40.8. The van der Waals surface area contributed by atoms with Gasteiger partial charge in [-0.05, 0) is 173 Å². The predicted molar refractivity (Wildman–Crippen MR) is 246 cm³/mol. The molecule has 0 heteroatoms. The standard InChI is InChI=1S/C57H62/c1-15-57(16-2)51-27-35(41-31-49-43(25-33(41)3)45-29-37(53(5,6)7)19-23-47(45)55(49,11)12)17-21-39(51)40-22-18-36(28-52(40)57)42-32-50-44(26-34(42)4)46-30-38(54(8,9)10)20-24-48(46)56(50,13)14/h17-32H,15-16H2,1-14H3. The minimum Gasteiger partial charge on any atom is -0.0642 e. The molecular weight excluding hydrogens is 685 g/mol. The molecule has 0 bridgehead atoms. The van der Waals surface area contributed by atoms with Gasteiger partial charge in [0.05, 0.1) is 0 Å². The van der Waals surface area contributed by atoms with E-state index in [9.17, 15) is 0 Å². The molecule has 57 heavy (non-hydrogen) atoms. The maximum atomic E-state index is 2.57. The summed E-state index contributed by atoms with van der Waals surface area (Å²) in [6, 6.07) is 39.3. The summed E-state index contributed by atoms with van der Waals surface area (Å²) in [6.07, 6.45) is 2.14. The van der Waals surface area contributed by atoms with Gasteiger partial charge in [-0.1, -0.05) is 156 Å². The Morgan fingerprint density at radius 2 is 0.737 bits per heavy atom. The van der Waals surface area contributed by atoms with Crippen LogP contribution in [0.1, 0.15) is 152 Å². The van der Waals surface area contributed by atoms with Gasteiger partial charge >= 0.3 is 0 Å². The van der Waals surface area contributed by atoms with E-state index in [-0.39, 0.29) is 27.1 Å². The second-order valence-electron chi connectivity index (χ2n) is 21.0. The monoisotopic (exact) mass is 746 g/mol. The molecule has 6 aromatic rings.